The van der Waals surface area contributed by atoms with E-state index in [0.29, 0.717) is 29.7 Å². The van der Waals surface area contributed by atoms with Gasteiger partial charge in [-0.25, -0.2) is 0 Å². The van der Waals surface area contributed by atoms with Crippen LogP contribution in [-0.4, -0.2) is 25.8 Å². The molecule has 0 bridgehead atoms. The summed E-state index contributed by atoms with van der Waals surface area (Å²) >= 11 is 0. The summed E-state index contributed by atoms with van der Waals surface area (Å²) in [6.07, 6.45) is 3.15. The molecular formula is C17H25NO4. The fourth-order valence-corrected chi connectivity index (χ4v) is 2.68. The van der Waals surface area contributed by atoms with Crippen LogP contribution in [0.15, 0.2) is 34.4 Å². The second kappa shape index (κ2) is 6.81. The van der Waals surface area contributed by atoms with Crippen molar-refractivity contribution in [2.45, 2.75) is 40.5 Å². The van der Waals surface area contributed by atoms with E-state index in [4.69, 9.17) is 15.2 Å². The summed E-state index contributed by atoms with van der Waals surface area (Å²) in [4.78, 5) is 25.3. The molecule has 1 aliphatic rings. The predicted molar refractivity (Wildman–Crippen MR) is 84.7 cm³/mol. The maximum Gasteiger partial charge on any atom is 0.228 e. The summed E-state index contributed by atoms with van der Waals surface area (Å²) in [6, 6.07) is 0. The smallest absolute Gasteiger partial charge is 0.228 e. The van der Waals surface area contributed by atoms with Gasteiger partial charge in [-0.15, -0.1) is 0 Å². The lowest BCUT2D eigenvalue weighted by atomic mass is 9.70. The minimum atomic E-state index is -0.486. The molecule has 122 valence electrons. The molecule has 1 atom stereocenters. The molecule has 22 heavy (non-hydrogen) atoms. The van der Waals surface area contributed by atoms with Crippen LogP contribution in [0.4, 0.5) is 0 Å². The Kier molecular flexibility index (Phi) is 5.58. The van der Waals surface area contributed by atoms with E-state index in [1.165, 1.54) is 14.2 Å². The quantitative estimate of drug-likeness (QED) is 0.763. The van der Waals surface area contributed by atoms with E-state index in [1.54, 1.807) is 13.8 Å². The molecule has 0 aliphatic heterocycles. The molecule has 0 radical (unpaired) electrons. The van der Waals surface area contributed by atoms with Crippen LogP contribution >= 0.6 is 0 Å². The highest BCUT2D eigenvalue weighted by atomic mass is 16.5. The summed E-state index contributed by atoms with van der Waals surface area (Å²) in [5, 5.41) is 0. The van der Waals surface area contributed by atoms with Gasteiger partial charge in [0.25, 0.3) is 0 Å². The molecule has 5 heteroatoms. The van der Waals surface area contributed by atoms with Crippen molar-refractivity contribution in [2.24, 2.45) is 11.1 Å². The van der Waals surface area contributed by atoms with Crippen LogP contribution < -0.4 is 5.73 Å². The fourth-order valence-electron chi connectivity index (χ4n) is 2.68. The molecule has 2 N–H and O–H groups in total. The number of Topliss-reactive ketones (excluding diaryl/α,β-unsaturated/α-hetero) is 2. The van der Waals surface area contributed by atoms with Crippen LogP contribution in [-0.2, 0) is 19.1 Å². The van der Waals surface area contributed by atoms with Crippen molar-refractivity contribution in [1.82, 2.24) is 0 Å². The summed E-state index contributed by atoms with van der Waals surface area (Å²) < 4.78 is 10.2. The second-order valence-electron chi connectivity index (χ2n) is 5.79. The molecule has 0 amide bonds. The molecular weight excluding hydrogens is 282 g/mol. The topological polar surface area (TPSA) is 78.6 Å². The van der Waals surface area contributed by atoms with Crippen LogP contribution in [0.1, 0.15) is 40.5 Å². The Hall–Kier alpha value is -2.04. The number of hydrogen-bond acceptors (Lipinski definition) is 5. The molecule has 1 unspecified atom stereocenters. The van der Waals surface area contributed by atoms with E-state index in [-0.39, 0.29) is 23.1 Å². The van der Waals surface area contributed by atoms with E-state index >= 15 is 0 Å². The summed E-state index contributed by atoms with van der Waals surface area (Å²) in [7, 11) is 2.72. The molecule has 0 aromatic carbocycles. The number of carbonyl (C=O) groups is 2. The molecule has 0 fully saturated rings. The SMILES string of the molecule is CCC(C)(C/C=C(\C)N)C1=C(C)C(=O)C(OC)=C(OC)C1=O. The molecule has 0 saturated heterocycles. The first-order chi connectivity index (χ1) is 10.2. The van der Waals surface area contributed by atoms with Gasteiger partial charge >= 0.3 is 0 Å². The third-order valence-corrected chi connectivity index (χ3v) is 4.23. The molecule has 0 spiro atoms. The van der Waals surface area contributed by atoms with Gasteiger partial charge in [0.05, 0.1) is 14.2 Å². The standard InChI is InChI=1S/C17H25NO4/c1-7-17(4,9-8-10(2)18)12-11(3)13(19)15(21-5)16(22-6)14(12)20/h8H,7,9,18H2,1-6H3/b10-8+. The van der Waals surface area contributed by atoms with Crippen molar-refractivity contribution < 1.29 is 19.1 Å². The first kappa shape index (κ1) is 18.0. The third kappa shape index (κ3) is 3.08. The molecule has 0 aromatic rings. The Balaban J connectivity index is 3.45. The van der Waals surface area contributed by atoms with Gasteiger partial charge < -0.3 is 15.2 Å². The highest BCUT2D eigenvalue weighted by Crippen LogP contribution is 2.42. The average Bonchev–Trinajstić information content (AvgIpc) is 2.48. The van der Waals surface area contributed by atoms with Gasteiger partial charge in [0.1, 0.15) is 0 Å². The van der Waals surface area contributed by atoms with E-state index in [2.05, 4.69) is 0 Å². The number of methoxy groups -OCH3 is 2. The average molecular weight is 307 g/mol. The normalized spacial score (nSPS) is 19.5. The zero-order valence-electron chi connectivity index (χ0n) is 14.2. The van der Waals surface area contributed by atoms with E-state index < -0.39 is 5.41 Å². The zero-order valence-corrected chi connectivity index (χ0v) is 14.2. The van der Waals surface area contributed by atoms with Crippen LogP contribution in [0.5, 0.6) is 0 Å². The Bertz CT molecular complexity index is 579. The number of rotatable bonds is 6. The van der Waals surface area contributed by atoms with Crippen LogP contribution in [0.2, 0.25) is 0 Å². The molecule has 0 saturated carbocycles. The minimum absolute atomic E-state index is 0.0266. The van der Waals surface area contributed by atoms with Gasteiger partial charge in [-0.3, -0.25) is 9.59 Å². The zero-order chi connectivity index (χ0) is 17.1. The summed E-state index contributed by atoms with van der Waals surface area (Å²) in [5.41, 5.74) is 6.81. The van der Waals surface area contributed by atoms with E-state index in [1.807, 2.05) is 19.9 Å². The first-order valence-corrected chi connectivity index (χ1v) is 7.28. The Morgan fingerprint density at radius 2 is 1.68 bits per heavy atom. The van der Waals surface area contributed by atoms with Crippen molar-refractivity contribution in [1.29, 1.82) is 0 Å². The number of carbonyl (C=O) groups excluding carboxylic acids is 2. The lowest BCUT2D eigenvalue weighted by molar-refractivity contribution is -0.122. The van der Waals surface area contributed by atoms with Gasteiger partial charge in [-0.05, 0) is 26.7 Å². The molecule has 1 aliphatic carbocycles. The van der Waals surface area contributed by atoms with Crippen LogP contribution in [0.3, 0.4) is 0 Å². The number of hydrogen-bond donors (Lipinski definition) is 1. The second-order valence-corrected chi connectivity index (χ2v) is 5.79. The van der Waals surface area contributed by atoms with Gasteiger partial charge in [0, 0.05) is 22.3 Å². The first-order valence-electron chi connectivity index (χ1n) is 7.28. The lowest BCUT2D eigenvalue weighted by Gasteiger charge is -2.33. The largest absolute Gasteiger partial charge is 0.489 e. The number of allylic oxidation sites excluding steroid dienone is 4. The Morgan fingerprint density at radius 1 is 1.18 bits per heavy atom. The molecule has 0 heterocycles. The summed E-state index contributed by atoms with van der Waals surface area (Å²) in [6.45, 7) is 7.41. The highest BCUT2D eigenvalue weighted by Gasteiger charge is 2.42. The van der Waals surface area contributed by atoms with Crippen LogP contribution in [0.25, 0.3) is 0 Å². The number of ether oxygens (including phenoxy) is 2. The molecule has 1 rings (SSSR count). The summed E-state index contributed by atoms with van der Waals surface area (Å²) in [5.74, 6) is -0.648. The van der Waals surface area contributed by atoms with Crippen molar-refractivity contribution in [3.05, 3.63) is 34.4 Å². The number of ketones is 2. The minimum Gasteiger partial charge on any atom is -0.489 e. The fraction of sp³-hybridized carbons (Fsp3) is 0.529. The Labute approximate surface area is 131 Å². The van der Waals surface area contributed by atoms with Crippen molar-refractivity contribution in [3.63, 3.8) is 0 Å². The van der Waals surface area contributed by atoms with Crippen LogP contribution in [0, 0.1) is 5.41 Å². The maximum absolute atomic E-state index is 12.8. The van der Waals surface area contributed by atoms with Gasteiger partial charge in [0.2, 0.25) is 23.1 Å². The van der Waals surface area contributed by atoms with Crippen molar-refractivity contribution in [2.75, 3.05) is 14.2 Å². The highest BCUT2D eigenvalue weighted by molar-refractivity contribution is 6.23. The van der Waals surface area contributed by atoms with Crippen molar-refractivity contribution in [3.8, 4) is 0 Å². The maximum atomic E-state index is 12.8. The monoisotopic (exact) mass is 307 g/mol. The van der Waals surface area contributed by atoms with Gasteiger partial charge in [-0.2, -0.15) is 0 Å². The molecule has 5 nitrogen and oxygen atoms in total. The number of nitrogens with two attached hydrogens (primary N) is 1. The van der Waals surface area contributed by atoms with Gasteiger partial charge in [-0.1, -0.05) is 19.9 Å². The predicted octanol–water partition coefficient (Wildman–Crippen LogP) is 2.63. The van der Waals surface area contributed by atoms with E-state index in [9.17, 15) is 9.59 Å². The lowest BCUT2D eigenvalue weighted by Crippen LogP contribution is -2.33. The molecule has 0 aromatic heterocycles. The van der Waals surface area contributed by atoms with Crippen molar-refractivity contribution >= 4 is 11.6 Å². The third-order valence-electron chi connectivity index (χ3n) is 4.23. The van der Waals surface area contributed by atoms with Gasteiger partial charge in [0.15, 0.2) is 0 Å². The van der Waals surface area contributed by atoms with E-state index in [0.717, 1.165) is 0 Å². The Morgan fingerprint density at radius 3 is 2.09 bits per heavy atom.